The Balaban J connectivity index is 2.23. The standard InChI is InChI=1S/C16H18ClNO2/c17-15-10-18-7-6-14(15)9-16(11-19,12-20)8-13-4-2-1-3-5-13/h1-7,10,19-20H,8-9,11-12H2. The van der Waals surface area contributed by atoms with Crippen molar-refractivity contribution >= 4 is 11.6 Å². The van der Waals surface area contributed by atoms with Gasteiger partial charge in [-0.25, -0.2) is 0 Å². The van der Waals surface area contributed by atoms with Gasteiger partial charge in [-0.3, -0.25) is 4.98 Å². The zero-order valence-electron chi connectivity index (χ0n) is 11.2. The second-order valence-electron chi connectivity index (χ2n) is 5.12. The molecule has 3 nitrogen and oxygen atoms in total. The molecule has 20 heavy (non-hydrogen) atoms. The van der Waals surface area contributed by atoms with Crippen LogP contribution >= 0.6 is 11.6 Å². The van der Waals surface area contributed by atoms with Crippen molar-refractivity contribution in [1.29, 1.82) is 0 Å². The molecule has 0 saturated carbocycles. The van der Waals surface area contributed by atoms with E-state index in [1.54, 1.807) is 12.4 Å². The van der Waals surface area contributed by atoms with E-state index in [1.807, 2.05) is 36.4 Å². The number of hydrogen-bond acceptors (Lipinski definition) is 3. The molecular formula is C16H18ClNO2. The van der Waals surface area contributed by atoms with Gasteiger partial charge in [-0.1, -0.05) is 41.9 Å². The lowest BCUT2D eigenvalue weighted by Crippen LogP contribution is -2.35. The third-order valence-electron chi connectivity index (χ3n) is 3.51. The molecule has 0 aliphatic carbocycles. The van der Waals surface area contributed by atoms with E-state index < -0.39 is 5.41 Å². The Morgan fingerprint density at radius 2 is 1.70 bits per heavy atom. The quantitative estimate of drug-likeness (QED) is 0.860. The highest BCUT2D eigenvalue weighted by Crippen LogP contribution is 2.29. The summed E-state index contributed by atoms with van der Waals surface area (Å²) in [5.41, 5.74) is 1.35. The lowest BCUT2D eigenvalue weighted by Gasteiger charge is -2.30. The van der Waals surface area contributed by atoms with E-state index >= 15 is 0 Å². The van der Waals surface area contributed by atoms with E-state index in [4.69, 9.17) is 11.6 Å². The van der Waals surface area contributed by atoms with Crippen LogP contribution in [-0.2, 0) is 12.8 Å². The Hall–Kier alpha value is -1.42. The predicted octanol–water partition coefficient (Wildman–Crippen LogP) is 2.49. The Morgan fingerprint density at radius 1 is 1.00 bits per heavy atom. The Morgan fingerprint density at radius 3 is 2.30 bits per heavy atom. The molecule has 0 bridgehead atoms. The van der Waals surface area contributed by atoms with Crippen LogP contribution in [0, 0.1) is 5.41 Å². The molecule has 0 spiro atoms. The fraction of sp³-hybridized carbons (Fsp3) is 0.312. The monoisotopic (exact) mass is 291 g/mol. The van der Waals surface area contributed by atoms with Gasteiger partial charge < -0.3 is 10.2 Å². The van der Waals surface area contributed by atoms with E-state index in [-0.39, 0.29) is 13.2 Å². The van der Waals surface area contributed by atoms with Gasteiger partial charge in [-0.05, 0) is 30.0 Å². The highest BCUT2D eigenvalue weighted by molar-refractivity contribution is 6.31. The average molecular weight is 292 g/mol. The van der Waals surface area contributed by atoms with Crippen molar-refractivity contribution in [2.75, 3.05) is 13.2 Å². The Bertz CT molecular complexity index is 541. The summed E-state index contributed by atoms with van der Waals surface area (Å²) in [6.07, 6.45) is 4.36. The molecule has 2 rings (SSSR count). The number of nitrogens with zero attached hydrogens (tertiary/aromatic N) is 1. The fourth-order valence-electron chi connectivity index (χ4n) is 2.32. The van der Waals surface area contributed by atoms with Crippen LogP contribution in [-0.4, -0.2) is 28.4 Å². The van der Waals surface area contributed by atoms with Crippen molar-refractivity contribution in [1.82, 2.24) is 4.98 Å². The summed E-state index contributed by atoms with van der Waals surface area (Å²) in [5.74, 6) is 0. The Labute approximate surface area is 123 Å². The van der Waals surface area contributed by atoms with Gasteiger partial charge in [0.1, 0.15) is 0 Å². The molecule has 4 heteroatoms. The lowest BCUT2D eigenvalue weighted by molar-refractivity contribution is 0.0548. The molecule has 0 saturated heterocycles. The van der Waals surface area contributed by atoms with Crippen molar-refractivity contribution < 1.29 is 10.2 Å². The van der Waals surface area contributed by atoms with E-state index in [0.29, 0.717) is 17.9 Å². The molecule has 1 aromatic heterocycles. The molecule has 2 N–H and O–H groups in total. The predicted molar refractivity (Wildman–Crippen MR) is 79.7 cm³/mol. The first-order chi connectivity index (χ1) is 9.69. The number of aliphatic hydroxyl groups is 2. The highest BCUT2D eigenvalue weighted by Gasteiger charge is 2.30. The number of pyridine rings is 1. The minimum Gasteiger partial charge on any atom is -0.396 e. The molecule has 0 aliphatic rings. The normalized spacial score (nSPS) is 11.6. The van der Waals surface area contributed by atoms with Crippen LogP contribution in [0.15, 0.2) is 48.8 Å². The van der Waals surface area contributed by atoms with Crippen molar-refractivity contribution in [3.8, 4) is 0 Å². The van der Waals surface area contributed by atoms with Gasteiger partial charge in [0.15, 0.2) is 0 Å². The molecular weight excluding hydrogens is 274 g/mol. The first-order valence-corrected chi connectivity index (χ1v) is 6.91. The van der Waals surface area contributed by atoms with Crippen LogP contribution in [0.4, 0.5) is 0 Å². The number of rotatable bonds is 6. The second-order valence-corrected chi connectivity index (χ2v) is 5.53. The van der Waals surface area contributed by atoms with Crippen LogP contribution < -0.4 is 0 Å². The largest absolute Gasteiger partial charge is 0.396 e. The first-order valence-electron chi connectivity index (χ1n) is 6.53. The fourth-order valence-corrected chi connectivity index (χ4v) is 2.50. The van der Waals surface area contributed by atoms with Crippen LogP contribution in [0.25, 0.3) is 0 Å². The second kappa shape index (κ2) is 6.84. The topological polar surface area (TPSA) is 53.4 Å². The van der Waals surface area contributed by atoms with Crippen LogP contribution in [0.5, 0.6) is 0 Å². The lowest BCUT2D eigenvalue weighted by atomic mass is 9.78. The average Bonchev–Trinajstić information content (AvgIpc) is 2.50. The van der Waals surface area contributed by atoms with E-state index in [1.165, 1.54) is 0 Å². The summed E-state index contributed by atoms with van der Waals surface area (Å²) in [6.45, 7) is -0.200. The molecule has 1 heterocycles. The molecule has 0 unspecified atom stereocenters. The molecule has 0 fully saturated rings. The zero-order chi connectivity index (χ0) is 14.4. The van der Waals surface area contributed by atoms with Gasteiger partial charge in [0.05, 0.1) is 18.2 Å². The minimum absolute atomic E-state index is 0.100. The number of benzene rings is 1. The molecule has 0 atom stereocenters. The highest BCUT2D eigenvalue weighted by atomic mass is 35.5. The van der Waals surface area contributed by atoms with Crippen molar-refractivity contribution in [3.63, 3.8) is 0 Å². The molecule has 0 aliphatic heterocycles. The third kappa shape index (κ3) is 3.57. The van der Waals surface area contributed by atoms with Gasteiger partial charge in [0, 0.05) is 17.8 Å². The third-order valence-corrected chi connectivity index (χ3v) is 3.85. The maximum absolute atomic E-state index is 9.77. The zero-order valence-corrected chi connectivity index (χ0v) is 11.9. The smallest absolute Gasteiger partial charge is 0.0621 e. The van der Waals surface area contributed by atoms with Gasteiger partial charge in [0.2, 0.25) is 0 Å². The summed E-state index contributed by atoms with van der Waals surface area (Å²) in [4.78, 5) is 3.95. The van der Waals surface area contributed by atoms with Crippen LogP contribution in [0.2, 0.25) is 5.02 Å². The maximum atomic E-state index is 9.77. The molecule has 1 aromatic carbocycles. The van der Waals surface area contributed by atoms with E-state index in [0.717, 1.165) is 11.1 Å². The number of hydrogen-bond donors (Lipinski definition) is 2. The first kappa shape index (κ1) is 15.0. The molecule has 0 radical (unpaired) electrons. The summed E-state index contributed by atoms with van der Waals surface area (Å²) in [5, 5.41) is 20.1. The minimum atomic E-state index is -0.619. The van der Waals surface area contributed by atoms with Crippen LogP contribution in [0.3, 0.4) is 0 Å². The molecule has 2 aromatic rings. The summed E-state index contributed by atoms with van der Waals surface area (Å²) in [7, 11) is 0. The van der Waals surface area contributed by atoms with Crippen molar-refractivity contribution in [2.24, 2.45) is 5.41 Å². The van der Waals surface area contributed by atoms with E-state index in [9.17, 15) is 10.2 Å². The van der Waals surface area contributed by atoms with Gasteiger partial charge in [0.25, 0.3) is 0 Å². The van der Waals surface area contributed by atoms with Crippen molar-refractivity contribution in [2.45, 2.75) is 12.8 Å². The summed E-state index contributed by atoms with van der Waals surface area (Å²) in [6, 6.07) is 11.7. The number of halogens is 1. The SMILES string of the molecule is OCC(CO)(Cc1ccccc1)Cc1ccncc1Cl. The number of aromatic nitrogens is 1. The molecule has 0 amide bonds. The molecule has 106 valence electrons. The number of aliphatic hydroxyl groups excluding tert-OH is 2. The van der Waals surface area contributed by atoms with Crippen molar-refractivity contribution in [3.05, 3.63) is 64.9 Å². The maximum Gasteiger partial charge on any atom is 0.0621 e. The van der Waals surface area contributed by atoms with Gasteiger partial charge in [-0.2, -0.15) is 0 Å². The van der Waals surface area contributed by atoms with E-state index in [2.05, 4.69) is 4.98 Å². The van der Waals surface area contributed by atoms with Crippen LogP contribution in [0.1, 0.15) is 11.1 Å². The summed E-state index contributed by atoms with van der Waals surface area (Å²) >= 11 is 6.12. The van der Waals surface area contributed by atoms with Gasteiger partial charge in [-0.15, -0.1) is 0 Å². The summed E-state index contributed by atoms with van der Waals surface area (Å²) < 4.78 is 0. The van der Waals surface area contributed by atoms with Gasteiger partial charge >= 0.3 is 0 Å². The Kier molecular flexibility index (Phi) is 5.12.